The van der Waals surface area contributed by atoms with E-state index >= 15 is 0 Å². The first-order chi connectivity index (χ1) is 6.60. The molecule has 1 saturated carbocycles. The molecule has 0 heterocycles. The van der Waals surface area contributed by atoms with Crippen molar-refractivity contribution in [3.8, 4) is 0 Å². The standard InChI is InChI=1S/C9H17NO3S/c1-5(14-2)10-7-3-6(4-11)8(12)9(7)13/h6-9,11-13H,3-4H2,1-2H3/t6-,7?,8-,9-/m1/s1. The summed E-state index contributed by atoms with van der Waals surface area (Å²) in [5, 5.41) is 29.0. The quantitative estimate of drug-likeness (QED) is 0.447. The summed E-state index contributed by atoms with van der Waals surface area (Å²) in [6.45, 7) is 1.78. The van der Waals surface area contributed by atoms with Crippen molar-refractivity contribution in [2.45, 2.75) is 31.6 Å². The van der Waals surface area contributed by atoms with Crippen LogP contribution in [0, 0.1) is 5.92 Å². The minimum Gasteiger partial charge on any atom is -0.396 e. The predicted molar refractivity (Wildman–Crippen MR) is 57.6 cm³/mol. The molecule has 0 aliphatic heterocycles. The van der Waals surface area contributed by atoms with Crippen LogP contribution in [0.25, 0.3) is 0 Å². The summed E-state index contributed by atoms with van der Waals surface area (Å²) in [7, 11) is 0. The van der Waals surface area contributed by atoms with Crippen molar-refractivity contribution in [2.24, 2.45) is 10.9 Å². The van der Waals surface area contributed by atoms with Gasteiger partial charge in [-0.05, 0) is 19.6 Å². The van der Waals surface area contributed by atoms with E-state index in [2.05, 4.69) is 4.99 Å². The molecule has 3 N–H and O–H groups in total. The topological polar surface area (TPSA) is 73.1 Å². The molecule has 4 atom stereocenters. The molecule has 4 nitrogen and oxygen atoms in total. The number of aliphatic hydroxyl groups excluding tert-OH is 3. The summed E-state index contributed by atoms with van der Waals surface area (Å²) in [5.74, 6) is -0.242. The first kappa shape index (κ1) is 12.0. The zero-order chi connectivity index (χ0) is 10.7. The van der Waals surface area contributed by atoms with Crippen LogP contribution < -0.4 is 0 Å². The third-order valence-corrected chi connectivity index (χ3v) is 3.35. The fraction of sp³-hybridized carbons (Fsp3) is 0.889. The van der Waals surface area contributed by atoms with Crippen LogP contribution in [0.15, 0.2) is 4.99 Å². The lowest BCUT2D eigenvalue weighted by Gasteiger charge is -2.14. The minimum absolute atomic E-state index is 0.0947. The number of thioether (sulfide) groups is 1. The normalized spacial score (nSPS) is 39.1. The Balaban J connectivity index is 2.65. The molecular weight excluding hydrogens is 202 g/mol. The fourth-order valence-corrected chi connectivity index (χ4v) is 1.93. The molecular formula is C9H17NO3S. The van der Waals surface area contributed by atoms with E-state index < -0.39 is 12.2 Å². The molecule has 14 heavy (non-hydrogen) atoms. The molecule has 1 unspecified atom stereocenters. The Hall–Kier alpha value is -0.100. The molecule has 82 valence electrons. The number of hydrogen-bond donors (Lipinski definition) is 3. The number of aliphatic imine (C=N–C) groups is 1. The Morgan fingerprint density at radius 3 is 2.50 bits per heavy atom. The maximum absolute atomic E-state index is 9.63. The van der Waals surface area contributed by atoms with E-state index in [1.165, 1.54) is 11.8 Å². The fourth-order valence-electron chi connectivity index (χ4n) is 1.69. The van der Waals surface area contributed by atoms with Crippen molar-refractivity contribution in [1.82, 2.24) is 0 Å². The van der Waals surface area contributed by atoms with Crippen LogP contribution in [0.5, 0.6) is 0 Å². The molecule has 1 aliphatic carbocycles. The number of nitrogens with zero attached hydrogens (tertiary/aromatic N) is 1. The lowest BCUT2D eigenvalue weighted by molar-refractivity contribution is 0.00321. The van der Waals surface area contributed by atoms with Crippen LogP contribution in [-0.2, 0) is 0 Å². The SMILES string of the molecule is CSC(C)=NC1C[C@H](CO)[C@@H](O)[C@@H]1O. The predicted octanol–water partition coefficient (Wildman–Crippen LogP) is -0.130. The molecule has 0 spiro atoms. The van der Waals surface area contributed by atoms with Gasteiger partial charge < -0.3 is 15.3 Å². The van der Waals surface area contributed by atoms with Gasteiger partial charge >= 0.3 is 0 Å². The highest BCUT2D eigenvalue weighted by molar-refractivity contribution is 8.13. The number of rotatable bonds is 2. The van der Waals surface area contributed by atoms with E-state index in [-0.39, 0.29) is 18.6 Å². The zero-order valence-electron chi connectivity index (χ0n) is 8.42. The molecule has 0 aromatic rings. The Labute approximate surface area is 88.1 Å². The Kier molecular flexibility index (Phi) is 4.37. The van der Waals surface area contributed by atoms with Crippen LogP contribution >= 0.6 is 11.8 Å². The van der Waals surface area contributed by atoms with Gasteiger partial charge in [0.25, 0.3) is 0 Å². The average Bonchev–Trinajstić information content (AvgIpc) is 2.45. The molecule has 0 radical (unpaired) electrons. The zero-order valence-corrected chi connectivity index (χ0v) is 9.24. The lowest BCUT2D eigenvalue weighted by atomic mass is 10.1. The smallest absolute Gasteiger partial charge is 0.103 e. The molecule has 0 aromatic heterocycles. The molecule has 0 aromatic carbocycles. The average molecular weight is 219 g/mol. The summed E-state index contributed by atoms with van der Waals surface area (Å²) in [4.78, 5) is 4.28. The van der Waals surface area contributed by atoms with Gasteiger partial charge in [-0.2, -0.15) is 0 Å². The van der Waals surface area contributed by atoms with Crippen molar-refractivity contribution in [2.75, 3.05) is 12.9 Å². The van der Waals surface area contributed by atoms with Gasteiger partial charge in [0.2, 0.25) is 0 Å². The van der Waals surface area contributed by atoms with Crippen molar-refractivity contribution in [1.29, 1.82) is 0 Å². The highest BCUT2D eigenvalue weighted by Gasteiger charge is 2.40. The van der Waals surface area contributed by atoms with Gasteiger partial charge in [0.05, 0.1) is 17.2 Å². The van der Waals surface area contributed by atoms with Crippen molar-refractivity contribution >= 4 is 16.8 Å². The largest absolute Gasteiger partial charge is 0.396 e. The van der Waals surface area contributed by atoms with Crippen LogP contribution in [0.3, 0.4) is 0 Å². The second-order valence-corrected chi connectivity index (χ2v) is 4.58. The lowest BCUT2D eigenvalue weighted by Crippen LogP contribution is -2.31. The van der Waals surface area contributed by atoms with E-state index in [0.29, 0.717) is 6.42 Å². The van der Waals surface area contributed by atoms with Gasteiger partial charge in [0, 0.05) is 12.5 Å². The second-order valence-electron chi connectivity index (χ2n) is 3.58. The molecule has 0 saturated heterocycles. The monoisotopic (exact) mass is 219 g/mol. The van der Waals surface area contributed by atoms with Gasteiger partial charge in [0.1, 0.15) is 6.10 Å². The van der Waals surface area contributed by atoms with Crippen molar-refractivity contribution in [3.63, 3.8) is 0 Å². The van der Waals surface area contributed by atoms with Crippen LogP contribution in [0.1, 0.15) is 13.3 Å². The minimum atomic E-state index is -0.844. The van der Waals surface area contributed by atoms with Gasteiger partial charge in [-0.15, -0.1) is 11.8 Å². The third-order valence-electron chi connectivity index (χ3n) is 2.65. The Morgan fingerprint density at radius 2 is 2.07 bits per heavy atom. The summed E-state index contributed by atoms with van der Waals surface area (Å²) >= 11 is 1.52. The van der Waals surface area contributed by atoms with Crippen LogP contribution in [-0.4, -0.2) is 51.5 Å². The van der Waals surface area contributed by atoms with Crippen molar-refractivity contribution in [3.05, 3.63) is 0 Å². The van der Waals surface area contributed by atoms with Gasteiger partial charge in [-0.1, -0.05) is 0 Å². The maximum Gasteiger partial charge on any atom is 0.103 e. The molecule has 1 aliphatic rings. The van der Waals surface area contributed by atoms with E-state index in [9.17, 15) is 10.2 Å². The maximum atomic E-state index is 9.63. The number of hydrogen-bond acceptors (Lipinski definition) is 5. The van der Waals surface area contributed by atoms with E-state index in [1.807, 2.05) is 13.2 Å². The second kappa shape index (κ2) is 5.11. The molecule has 1 fully saturated rings. The Bertz CT molecular complexity index is 222. The molecule has 0 bridgehead atoms. The summed E-state index contributed by atoms with van der Waals surface area (Å²) in [5.41, 5.74) is 0. The first-order valence-electron chi connectivity index (χ1n) is 4.65. The van der Waals surface area contributed by atoms with Crippen LogP contribution in [0.4, 0.5) is 0 Å². The molecule has 5 heteroatoms. The van der Waals surface area contributed by atoms with Crippen LogP contribution in [0.2, 0.25) is 0 Å². The summed E-state index contributed by atoms with van der Waals surface area (Å²) in [6, 6.07) is -0.269. The van der Waals surface area contributed by atoms with Crippen molar-refractivity contribution < 1.29 is 15.3 Å². The molecule has 1 rings (SSSR count). The third kappa shape index (κ3) is 2.48. The van der Waals surface area contributed by atoms with E-state index in [0.717, 1.165) is 5.04 Å². The molecule has 0 amide bonds. The van der Waals surface area contributed by atoms with Gasteiger partial charge in [-0.25, -0.2) is 0 Å². The first-order valence-corrected chi connectivity index (χ1v) is 5.88. The number of aliphatic hydroxyl groups is 3. The van der Waals surface area contributed by atoms with Gasteiger partial charge in [0.15, 0.2) is 0 Å². The highest BCUT2D eigenvalue weighted by atomic mass is 32.2. The van der Waals surface area contributed by atoms with E-state index in [1.54, 1.807) is 0 Å². The van der Waals surface area contributed by atoms with Gasteiger partial charge in [-0.3, -0.25) is 4.99 Å². The summed E-state index contributed by atoms with van der Waals surface area (Å²) in [6.07, 6.45) is 0.786. The van der Waals surface area contributed by atoms with E-state index in [4.69, 9.17) is 5.11 Å². The highest BCUT2D eigenvalue weighted by Crippen LogP contribution is 2.29. The summed E-state index contributed by atoms with van der Waals surface area (Å²) < 4.78 is 0. The Morgan fingerprint density at radius 1 is 1.43 bits per heavy atom.